The molecule has 0 aromatic heterocycles. The second kappa shape index (κ2) is 4.60. The van der Waals surface area contributed by atoms with Crippen molar-refractivity contribution in [2.24, 2.45) is 11.8 Å². The highest BCUT2D eigenvalue weighted by Crippen LogP contribution is 2.44. The SMILES string of the molecule is CC1(C)C2CNCC2CN1c1ccc(C(F)(F)F)cc1F. The number of rotatable bonds is 1. The molecule has 2 fully saturated rings. The highest BCUT2D eigenvalue weighted by atomic mass is 19.4. The minimum atomic E-state index is -4.51. The van der Waals surface area contributed by atoms with E-state index in [0.717, 1.165) is 19.2 Å². The summed E-state index contributed by atoms with van der Waals surface area (Å²) >= 11 is 0. The third kappa shape index (κ3) is 2.29. The van der Waals surface area contributed by atoms with E-state index in [9.17, 15) is 17.6 Å². The van der Waals surface area contributed by atoms with Crippen LogP contribution in [0.2, 0.25) is 0 Å². The van der Waals surface area contributed by atoms with Gasteiger partial charge in [0.15, 0.2) is 0 Å². The van der Waals surface area contributed by atoms with Gasteiger partial charge >= 0.3 is 6.18 Å². The van der Waals surface area contributed by atoms with Crippen LogP contribution in [-0.2, 0) is 6.18 Å². The van der Waals surface area contributed by atoms with Crippen molar-refractivity contribution < 1.29 is 17.6 Å². The summed E-state index contributed by atoms with van der Waals surface area (Å²) in [5.74, 6) is 0.00622. The molecule has 2 heterocycles. The molecule has 1 aromatic carbocycles. The maximum atomic E-state index is 14.2. The fraction of sp³-hybridized carbons (Fsp3) is 0.600. The number of halogens is 4. The van der Waals surface area contributed by atoms with Crippen LogP contribution in [0.15, 0.2) is 18.2 Å². The second-order valence-corrected chi connectivity index (χ2v) is 6.45. The highest BCUT2D eigenvalue weighted by molar-refractivity contribution is 5.53. The molecule has 1 N–H and O–H groups in total. The van der Waals surface area contributed by atoms with E-state index in [1.54, 1.807) is 0 Å². The number of benzene rings is 1. The maximum Gasteiger partial charge on any atom is 0.416 e. The average molecular weight is 302 g/mol. The van der Waals surface area contributed by atoms with E-state index in [1.165, 1.54) is 6.07 Å². The molecule has 6 heteroatoms. The summed E-state index contributed by atoms with van der Waals surface area (Å²) in [6, 6.07) is 2.81. The molecule has 0 radical (unpaired) electrons. The first-order chi connectivity index (χ1) is 9.71. The van der Waals surface area contributed by atoms with E-state index >= 15 is 0 Å². The Kier molecular flexibility index (Phi) is 3.20. The molecule has 0 bridgehead atoms. The number of alkyl halides is 3. The van der Waals surface area contributed by atoms with Gasteiger partial charge < -0.3 is 10.2 Å². The van der Waals surface area contributed by atoms with Crippen LogP contribution in [0.25, 0.3) is 0 Å². The quantitative estimate of drug-likeness (QED) is 0.801. The van der Waals surface area contributed by atoms with Crippen LogP contribution >= 0.6 is 0 Å². The molecule has 2 aliphatic rings. The molecular weight excluding hydrogens is 284 g/mol. The molecule has 0 saturated carbocycles. The Morgan fingerprint density at radius 3 is 2.52 bits per heavy atom. The van der Waals surface area contributed by atoms with Gasteiger partial charge in [-0.05, 0) is 43.9 Å². The van der Waals surface area contributed by atoms with Gasteiger partial charge in [0.25, 0.3) is 0 Å². The monoisotopic (exact) mass is 302 g/mol. The zero-order chi connectivity index (χ0) is 15.4. The van der Waals surface area contributed by atoms with Crippen molar-refractivity contribution in [1.82, 2.24) is 5.32 Å². The first kappa shape index (κ1) is 14.6. The zero-order valence-corrected chi connectivity index (χ0v) is 12.0. The van der Waals surface area contributed by atoms with Gasteiger partial charge in [-0.25, -0.2) is 4.39 Å². The van der Waals surface area contributed by atoms with Gasteiger partial charge in [-0.2, -0.15) is 13.2 Å². The van der Waals surface area contributed by atoms with Gasteiger partial charge in [-0.1, -0.05) is 0 Å². The van der Waals surface area contributed by atoms with Crippen molar-refractivity contribution >= 4 is 5.69 Å². The van der Waals surface area contributed by atoms with Gasteiger partial charge in [0, 0.05) is 25.2 Å². The normalized spacial score (nSPS) is 28.0. The van der Waals surface area contributed by atoms with Crippen molar-refractivity contribution in [1.29, 1.82) is 0 Å². The third-order valence-electron chi connectivity index (χ3n) is 4.93. The summed E-state index contributed by atoms with van der Waals surface area (Å²) < 4.78 is 52.1. The predicted molar refractivity (Wildman–Crippen MR) is 72.7 cm³/mol. The number of hydrogen-bond donors (Lipinski definition) is 1. The standard InChI is InChI=1S/C15H18F4N2/c1-14(2)11-7-20-6-9(11)8-21(14)13-4-3-10(5-12(13)16)15(17,18)19/h3-5,9,11,20H,6-8H2,1-2H3. The maximum absolute atomic E-state index is 14.2. The van der Waals surface area contributed by atoms with E-state index in [2.05, 4.69) is 5.32 Å². The first-order valence-corrected chi connectivity index (χ1v) is 7.06. The molecule has 2 saturated heterocycles. The van der Waals surface area contributed by atoms with Crippen LogP contribution in [-0.4, -0.2) is 25.2 Å². The Bertz CT molecular complexity index is 553. The molecule has 0 aliphatic carbocycles. The lowest BCUT2D eigenvalue weighted by Crippen LogP contribution is -2.45. The van der Waals surface area contributed by atoms with E-state index in [0.29, 0.717) is 24.4 Å². The molecule has 0 amide bonds. The largest absolute Gasteiger partial charge is 0.416 e. The minimum absolute atomic E-state index is 0.266. The molecule has 2 nitrogen and oxygen atoms in total. The van der Waals surface area contributed by atoms with Gasteiger partial charge in [0.05, 0.1) is 11.3 Å². The van der Waals surface area contributed by atoms with Crippen molar-refractivity contribution in [2.75, 3.05) is 24.5 Å². The Labute approximate surface area is 121 Å². The summed E-state index contributed by atoms with van der Waals surface area (Å²) in [7, 11) is 0. The Morgan fingerprint density at radius 2 is 1.95 bits per heavy atom. The van der Waals surface area contributed by atoms with Crippen LogP contribution in [0.5, 0.6) is 0 Å². The van der Waals surface area contributed by atoms with Gasteiger partial charge in [-0.15, -0.1) is 0 Å². The fourth-order valence-electron chi connectivity index (χ4n) is 3.73. The predicted octanol–water partition coefficient (Wildman–Crippen LogP) is 3.28. The third-order valence-corrected chi connectivity index (χ3v) is 4.93. The van der Waals surface area contributed by atoms with E-state index in [-0.39, 0.29) is 11.2 Å². The van der Waals surface area contributed by atoms with Crippen LogP contribution in [0.1, 0.15) is 19.4 Å². The number of nitrogens with zero attached hydrogens (tertiary/aromatic N) is 1. The van der Waals surface area contributed by atoms with Crippen molar-refractivity contribution in [3.05, 3.63) is 29.6 Å². The Hall–Kier alpha value is -1.30. The molecular formula is C15H18F4N2. The van der Waals surface area contributed by atoms with Crippen molar-refractivity contribution in [3.8, 4) is 0 Å². The minimum Gasteiger partial charge on any atom is -0.363 e. The van der Waals surface area contributed by atoms with Crippen molar-refractivity contribution in [3.63, 3.8) is 0 Å². The van der Waals surface area contributed by atoms with Crippen molar-refractivity contribution in [2.45, 2.75) is 25.6 Å². The first-order valence-electron chi connectivity index (χ1n) is 7.06. The summed E-state index contributed by atoms with van der Waals surface area (Å²) in [6.07, 6.45) is -4.51. The average Bonchev–Trinajstić information content (AvgIpc) is 2.91. The second-order valence-electron chi connectivity index (χ2n) is 6.45. The molecule has 2 atom stereocenters. The van der Waals surface area contributed by atoms with Crippen LogP contribution in [0.4, 0.5) is 23.2 Å². The summed E-state index contributed by atoms with van der Waals surface area (Å²) in [4.78, 5) is 1.92. The lowest BCUT2D eigenvalue weighted by Gasteiger charge is -2.37. The summed E-state index contributed by atoms with van der Waals surface area (Å²) in [5.41, 5.74) is -0.945. The molecule has 116 valence electrons. The number of nitrogens with one attached hydrogen (secondary N) is 1. The van der Waals surface area contributed by atoms with E-state index in [1.807, 2.05) is 18.7 Å². The van der Waals surface area contributed by atoms with E-state index in [4.69, 9.17) is 0 Å². The molecule has 21 heavy (non-hydrogen) atoms. The molecule has 2 aliphatic heterocycles. The summed E-state index contributed by atoms with van der Waals surface area (Å²) in [5, 5.41) is 3.33. The molecule has 1 aromatic rings. The summed E-state index contributed by atoms with van der Waals surface area (Å²) in [6.45, 7) is 6.49. The molecule has 3 rings (SSSR count). The Balaban J connectivity index is 1.94. The lowest BCUT2D eigenvalue weighted by molar-refractivity contribution is -0.137. The molecule has 2 unspecified atom stereocenters. The van der Waals surface area contributed by atoms with E-state index < -0.39 is 17.6 Å². The van der Waals surface area contributed by atoms with Crippen LogP contribution < -0.4 is 10.2 Å². The fourth-order valence-corrected chi connectivity index (χ4v) is 3.73. The van der Waals surface area contributed by atoms with Crippen LogP contribution in [0.3, 0.4) is 0 Å². The van der Waals surface area contributed by atoms with Crippen LogP contribution in [0, 0.1) is 17.7 Å². The number of hydrogen-bond acceptors (Lipinski definition) is 2. The number of fused-ring (bicyclic) bond motifs is 1. The number of anilines is 1. The van der Waals surface area contributed by atoms with Gasteiger partial charge in [0.1, 0.15) is 5.82 Å². The lowest BCUT2D eigenvalue weighted by atomic mass is 9.84. The van der Waals surface area contributed by atoms with Gasteiger partial charge in [0.2, 0.25) is 0 Å². The Morgan fingerprint density at radius 1 is 1.24 bits per heavy atom. The molecule has 0 spiro atoms. The topological polar surface area (TPSA) is 15.3 Å². The van der Waals surface area contributed by atoms with Gasteiger partial charge in [-0.3, -0.25) is 0 Å². The zero-order valence-electron chi connectivity index (χ0n) is 12.0. The smallest absolute Gasteiger partial charge is 0.363 e. The highest BCUT2D eigenvalue weighted by Gasteiger charge is 2.50.